The Hall–Kier alpha value is -1.35. The molecule has 1 saturated carbocycles. The van der Waals surface area contributed by atoms with Gasteiger partial charge in [-0.3, -0.25) is 0 Å². The zero-order chi connectivity index (χ0) is 12.8. The van der Waals surface area contributed by atoms with Crippen LogP contribution in [0.5, 0.6) is 0 Å². The summed E-state index contributed by atoms with van der Waals surface area (Å²) in [4.78, 5) is 6.71. The van der Waals surface area contributed by atoms with Crippen molar-refractivity contribution < 1.29 is 0 Å². The van der Waals surface area contributed by atoms with Crippen LogP contribution in [0.25, 0.3) is 0 Å². The average Bonchev–Trinajstić information content (AvgIpc) is 3.21. The highest BCUT2D eigenvalue weighted by Crippen LogP contribution is 2.19. The summed E-state index contributed by atoms with van der Waals surface area (Å²) < 4.78 is 0. The van der Waals surface area contributed by atoms with Gasteiger partial charge in [0.15, 0.2) is 0 Å². The molecule has 0 spiro atoms. The van der Waals surface area contributed by atoms with Gasteiger partial charge in [-0.1, -0.05) is 12.1 Å². The molecule has 1 aromatic heterocycles. The zero-order valence-corrected chi connectivity index (χ0v) is 11.2. The molecule has 18 heavy (non-hydrogen) atoms. The highest BCUT2D eigenvalue weighted by molar-refractivity contribution is 5.38. The highest BCUT2D eigenvalue weighted by atomic mass is 15.2. The number of unbranched alkanes of at least 4 members (excludes halogenated alkanes) is 1. The van der Waals surface area contributed by atoms with Gasteiger partial charge >= 0.3 is 0 Å². The van der Waals surface area contributed by atoms with Crippen LogP contribution in [0.4, 0.5) is 5.82 Å². The van der Waals surface area contributed by atoms with Crippen molar-refractivity contribution in [2.75, 3.05) is 18.5 Å². The molecule has 0 amide bonds. The van der Waals surface area contributed by atoms with E-state index in [2.05, 4.69) is 41.0 Å². The molecule has 1 heterocycles. The van der Waals surface area contributed by atoms with E-state index in [1.165, 1.54) is 18.4 Å². The molecule has 1 aliphatic rings. The van der Waals surface area contributed by atoms with E-state index < -0.39 is 0 Å². The van der Waals surface area contributed by atoms with Crippen molar-refractivity contribution in [3.05, 3.63) is 36.5 Å². The normalized spacial score (nSPS) is 14.5. The molecule has 1 aromatic rings. The standard InChI is InChI=1S/C15H23N3/c1-3-4-5-10-18(2)15-9-6-13(12-17-15)11-16-14-7-8-14/h3,6,9,12,14,16H,1,4-5,7-8,10-11H2,2H3. The molecule has 1 aliphatic carbocycles. The summed E-state index contributed by atoms with van der Waals surface area (Å²) in [5.74, 6) is 1.05. The second kappa shape index (κ2) is 6.55. The van der Waals surface area contributed by atoms with Gasteiger partial charge in [0.1, 0.15) is 5.82 Å². The van der Waals surface area contributed by atoms with Crippen molar-refractivity contribution in [2.45, 2.75) is 38.3 Å². The monoisotopic (exact) mass is 245 g/mol. The SMILES string of the molecule is C=CCCCN(C)c1ccc(CNC2CC2)cn1. The lowest BCUT2D eigenvalue weighted by Gasteiger charge is -2.17. The fourth-order valence-corrected chi connectivity index (χ4v) is 1.88. The Kier molecular flexibility index (Phi) is 4.76. The maximum Gasteiger partial charge on any atom is 0.128 e. The molecule has 1 fully saturated rings. The molecule has 3 heteroatoms. The quantitative estimate of drug-likeness (QED) is 0.564. The topological polar surface area (TPSA) is 28.2 Å². The summed E-state index contributed by atoms with van der Waals surface area (Å²) in [6, 6.07) is 5.03. The third-order valence-corrected chi connectivity index (χ3v) is 3.27. The minimum atomic E-state index is 0.756. The third-order valence-electron chi connectivity index (χ3n) is 3.27. The van der Waals surface area contributed by atoms with E-state index in [0.29, 0.717) is 0 Å². The van der Waals surface area contributed by atoms with Gasteiger partial charge in [-0.15, -0.1) is 6.58 Å². The summed E-state index contributed by atoms with van der Waals surface area (Å²) in [5.41, 5.74) is 1.27. The van der Waals surface area contributed by atoms with E-state index in [4.69, 9.17) is 0 Å². The fraction of sp³-hybridized carbons (Fsp3) is 0.533. The third kappa shape index (κ3) is 4.15. The summed E-state index contributed by atoms with van der Waals surface area (Å²) in [5, 5.41) is 3.50. The van der Waals surface area contributed by atoms with Crippen LogP contribution in [0, 0.1) is 0 Å². The number of pyridine rings is 1. The van der Waals surface area contributed by atoms with Crippen LogP contribution in [-0.4, -0.2) is 24.6 Å². The van der Waals surface area contributed by atoms with Gasteiger partial charge in [-0.25, -0.2) is 4.98 Å². The van der Waals surface area contributed by atoms with E-state index in [-0.39, 0.29) is 0 Å². The van der Waals surface area contributed by atoms with Crippen LogP contribution in [0.3, 0.4) is 0 Å². The number of aromatic nitrogens is 1. The van der Waals surface area contributed by atoms with Crippen LogP contribution in [0.2, 0.25) is 0 Å². The molecular weight excluding hydrogens is 222 g/mol. The first kappa shape index (κ1) is 13.1. The van der Waals surface area contributed by atoms with E-state index in [1.54, 1.807) is 0 Å². The van der Waals surface area contributed by atoms with Crippen molar-refractivity contribution in [2.24, 2.45) is 0 Å². The number of allylic oxidation sites excluding steroid dienone is 1. The van der Waals surface area contributed by atoms with Gasteiger partial charge in [-0.05, 0) is 37.3 Å². The summed E-state index contributed by atoms with van der Waals surface area (Å²) in [6.07, 6.45) is 8.80. The average molecular weight is 245 g/mol. The van der Waals surface area contributed by atoms with Crippen molar-refractivity contribution >= 4 is 5.82 Å². The number of hydrogen-bond acceptors (Lipinski definition) is 3. The van der Waals surface area contributed by atoms with Gasteiger partial charge in [-0.2, -0.15) is 0 Å². The van der Waals surface area contributed by atoms with Crippen molar-refractivity contribution in [3.8, 4) is 0 Å². The maximum atomic E-state index is 4.52. The Balaban J connectivity index is 1.79. The minimum Gasteiger partial charge on any atom is -0.360 e. The van der Waals surface area contributed by atoms with Crippen LogP contribution >= 0.6 is 0 Å². The number of nitrogens with one attached hydrogen (secondary N) is 1. The van der Waals surface area contributed by atoms with Gasteiger partial charge in [0.05, 0.1) is 0 Å². The van der Waals surface area contributed by atoms with Gasteiger partial charge in [0.25, 0.3) is 0 Å². The molecule has 3 nitrogen and oxygen atoms in total. The summed E-state index contributed by atoms with van der Waals surface area (Å²) >= 11 is 0. The van der Waals surface area contributed by atoms with E-state index >= 15 is 0 Å². The molecule has 0 atom stereocenters. The molecule has 0 aromatic carbocycles. The molecule has 0 bridgehead atoms. The fourth-order valence-electron chi connectivity index (χ4n) is 1.88. The van der Waals surface area contributed by atoms with Crippen molar-refractivity contribution in [1.82, 2.24) is 10.3 Å². The molecule has 0 radical (unpaired) electrons. The van der Waals surface area contributed by atoms with E-state index in [0.717, 1.165) is 37.8 Å². The Bertz CT molecular complexity index is 368. The predicted molar refractivity (Wildman–Crippen MR) is 76.8 cm³/mol. The lowest BCUT2D eigenvalue weighted by Crippen LogP contribution is -2.20. The second-order valence-electron chi connectivity index (χ2n) is 5.03. The lowest BCUT2D eigenvalue weighted by molar-refractivity contribution is 0.685. The summed E-state index contributed by atoms with van der Waals surface area (Å²) in [6.45, 7) is 5.71. The lowest BCUT2D eigenvalue weighted by atomic mass is 10.2. The van der Waals surface area contributed by atoms with E-state index in [9.17, 15) is 0 Å². The molecule has 0 saturated heterocycles. The highest BCUT2D eigenvalue weighted by Gasteiger charge is 2.19. The van der Waals surface area contributed by atoms with Gasteiger partial charge in [0.2, 0.25) is 0 Å². The molecule has 0 aliphatic heterocycles. The van der Waals surface area contributed by atoms with Gasteiger partial charge in [0, 0.05) is 32.4 Å². The molecule has 2 rings (SSSR count). The first-order chi connectivity index (χ1) is 8.79. The van der Waals surface area contributed by atoms with Crippen LogP contribution in [0.1, 0.15) is 31.2 Å². The summed E-state index contributed by atoms with van der Waals surface area (Å²) in [7, 11) is 2.09. The maximum absolute atomic E-state index is 4.52. The molecule has 1 N–H and O–H groups in total. The zero-order valence-electron chi connectivity index (χ0n) is 11.2. The van der Waals surface area contributed by atoms with Crippen LogP contribution in [0.15, 0.2) is 31.0 Å². The molecule has 0 unspecified atom stereocenters. The predicted octanol–water partition coefficient (Wildman–Crippen LogP) is 2.74. The van der Waals surface area contributed by atoms with Gasteiger partial charge < -0.3 is 10.2 Å². The minimum absolute atomic E-state index is 0.756. The first-order valence-corrected chi connectivity index (χ1v) is 6.80. The first-order valence-electron chi connectivity index (χ1n) is 6.80. The van der Waals surface area contributed by atoms with Crippen LogP contribution in [-0.2, 0) is 6.54 Å². The smallest absolute Gasteiger partial charge is 0.128 e. The van der Waals surface area contributed by atoms with Crippen LogP contribution < -0.4 is 10.2 Å². The van der Waals surface area contributed by atoms with Crippen molar-refractivity contribution in [1.29, 1.82) is 0 Å². The molecule has 98 valence electrons. The number of anilines is 1. The Labute approximate surface area is 110 Å². The number of nitrogens with zero attached hydrogens (tertiary/aromatic N) is 2. The second-order valence-corrected chi connectivity index (χ2v) is 5.03. The number of hydrogen-bond donors (Lipinski definition) is 1. The Morgan fingerprint density at radius 3 is 2.94 bits per heavy atom. The Morgan fingerprint density at radius 2 is 2.33 bits per heavy atom. The Morgan fingerprint density at radius 1 is 1.50 bits per heavy atom. The van der Waals surface area contributed by atoms with E-state index in [1.807, 2.05) is 12.3 Å². The molecular formula is C15H23N3. The largest absolute Gasteiger partial charge is 0.360 e. The number of rotatable bonds is 8. The van der Waals surface area contributed by atoms with Crippen molar-refractivity contribution in [3.63, 3.8) is 0 Å².